The summed E-state index contributed by atoms with van der Waals surface area (Å²) in [5, 5.41) is 11.2. The maximum atomic E-state index is 11.2. The third kappa shape index (κ3) is 7.81. The van der Waals surface area contributed by atoms with Crippen LogP contribution in [0.25, 0.3) is 0 Å². The summed E-state index contributed by atoms with van der Waals surface area (Å²) in [6.07, 6.45) is 16.8. The normalized spacial score (nSPS) is 25.1. The van der Waals surface area contributed by atoms with Gasteiger partial charge in [-0.15, -0.1) is 0 Å². The van der Waals surface area contributed by atoms with Crippen molar-refractivity contribution in [2.75, 3.05) is 0 Å². The van der Waals surface area contributed by atoms with Crippen LogP contribution in [-0.2, 0) is 5.11 Å². The fourth-order valence-electron chi connectivity index (χ4n) is 2.99. The largest absolute Gasteiger partial charge is 0.233 e. The van der Waals surface area contributed by atoms with Crippen LogP contribution >= 0.6 is 0 Å². The molecule has 0 atom stereocenters. The van der Waals surface area contributed by atoms with Crippen molar-refractivity contribution in [2.45, 2.75) is 96.5 Å². The average molecular weight is 239 g/mol. The summed E-state index contributed by atoms with van der Waals surface area (Å²) in [4.78, 5) is 0. The fraction of sp³-hybridized carbons (Fsp3) is 1.00. The van der Waals surface area contributed by atoms with Gasteiger partial charge in [-0.2, -0.15) is 0 Å². The highest BCUT2D eigenvalue weighted by Gasteiger charge is 2.19. The summed E-state index contributed by atoms with van der Waals surface area (Å²) in [6, 6.07) is 0. The van der Waals surface area contributed by atoms with E-state index in [0.29, 0.717) is 0 Å². The molecule has 101 valence electrons. The molecule has 0 heterocycles. The minimum Gasteiger partial charge on any atom is -0.233 e. The first kappa shape index (κ1) is 15.0. The fourth-order valence-corrected chi connectivity index (χ4v) is 2.99. The van der Waals surface area contributed by atoms with Gasteiger partial charge >= 0.3 is 0 Å². The standard InChI is InChI=1S/C16H31O/c1-2-3-4-5-6-7-8-9-10-15-11-13-16(17)14-12-15/h15-16H,2-14H2,1H3. The Labute approximate surface area is 108 Å². The van der Waals surface area contributed by atoms with Gasteiger partial charge in [0.05, 0.1) is 6.10 Å². The van der Waals surface area contributed by atoms with Gasteiger partial charge in [0.2, 0.25) is 0 Å². The molecule has 1 aliphatic carbocycles. The van der Waals surface area contributed by atoms with E-state index >= 15 is 0 Å². The van der Waals surface area contributed by atoms with E-state index in [1.165, 1.54) is 70.6 Å². The molecule has 1 heteroatoms. The quantitative estimate of drug-likeness (QED) is 0.473. The number of unbranched alkanes of at least 4 members (excludes halogenated alkanes) is 7. The van der Waals surface area contributed by atoms with Gasteiger partial charge in [0.25, 0.3) is 0 Å². The Hall–Kier alpha value is -0.0400. The molecule has 0 N–H and O–H groups in total. The van der Waals surface area contributed by atoms with E-state index < -0.39 is 0 Å². The second-order valence-corrected chi connectivity index (χ2v) is 5.91. The molecule has 0 amide bonds. The zero-order chi connectivity index (χ0) is 12.3. The maximum Gasteiger partial charge on any atom is 0.0930 e. The van der Waals surface area contributed by atoms with Crippen molar-refractivity contribution in [1.29, 1.82) is 0 Å². The third-order valence-corrected chi connectivity index (χ3v) is 4.26. The highest BCUT2D eigenvalue weighted by atomic mass is 16.3. The molecule has 0 unspecified atom stereocenters. The topological polar surface area (TPSA) is 19.9 Å². The van der Waals surface area contributed by atoms with E-state index in [9.17, 15) is 5.11 Å². The molecule has 0 aromatic rings. The summed E-state index contributed by atoms with van der Waals surface area (Å²) in [6.45, 7) is 2.27. The Bertz CT molecular complexity index is 159. The van der Waals surface area contributed by atoms with Gasteiger partial charge in [0.15, 0.2) is 0 Å². The molecule has 0 saturated heterocycles. The zero-order valence-corrected chi connectivity index (χ0v) is 11.8. The van der Waals surface area contributed by atoms with Gasteiger partial charge in [-0.05, 0) is 31.6 Å². The summed E-state index contributed by atoms with van der Waals surface area (Å²) in [5.74, 6) is 0.889. The molecule has 0 aromatic heterocycles. The van der Waals surface area contributed by atoms with Crippen molar-refractivity contribution in [2.24, 2.45) is 5.92 Å². The zero-order valence-electron chi connectivity index (χ0n) is 11.8. The number of hydrogen-bond donors (Lipinski definition) is 0. The summed E-state index contributed by atoms with van der Waals surface area (Å²) in [7, 11) is 0. The Morgan fingerprint density at radius 1 is 0.765 bits per heavy atom. The van der Waals surface area contributed by atoms with Crippen LogP contribution in [0, 0.1) is 5.92 Å². The van der Waals surface area contributed by atoms with Crippen molar-refractivity contribution < 1.29 is 5.11 Å². The van der Waals surface area contributed by atoms with E-state index in [0.717, 1.165) is 18.8 Å². The monoisotopic (exact) mass is 239 g/mol. The molecule has 1 saturated carbocycles. The molecule has 0 aromatic carbocycles. The van der Waals surface area contributed by atoms with Gasteiger partial charge in [0, 0.05) is 0 Å². The molecule has 0 bridgehead atoms. The lowest BCUT2D eigenvalue weighted by molar-refractivity contribution is 0.0409. The van der Waals surface area contributed by atoms with E-state index in [1.54, 1.807) is 0 Å². The molecule has 17 heavy (non-hydrogen) atoms. The van der Waals surface area contributed by atoms with Gasteiger partial charge < -0.3 is 0 Å². The van der Waals surface area contributed by atoms with Crippen LogP contribution in [0.3, 0.4) is 0 Å². The van der Waals surface area contributed by atoms with Crippen LogP contribution in [-0.4, -0.2) is 6.10 Å². The molecular weight excluding hydrogens is 208 g/mol. The van der Waals surface area contributed by atoms with Crippen molar-refractivity contribution in [3.63, 3.8) is 0 Å². The average Bonchev–Trinajstić information content (AvgIpc) is 2.35. The predicted octanol–water partition coefficient (Wildman–Crippen LogP) is 5.51. The first-order valence-corrected chi connectivity index (χ1v) is 7.98. The summed E-state index contributed by atoms with van der Waals surface area (Å²) in [5.41, 5.74) is 0. The summed E-state index contributed by atoms with van der Waals surface area (Å²) >= 11 is 0. The van der Waals surface area contributed by atoms with Crippen molar-refractivity contribution in [1.82, 2.24) is 0 Å². The van der Waals surface area contributed by atoms with Crippen LogP contribution in [0.2, 0.25) is 0 Å². The molecule has 1 rings (SSSR count). The number of hydrogen-bond acceptors (Lipinski definition) is 0. The minimum absolute atomic E-state index is 0.232. The van der Waals surface area contributed by atoms with Gasteiger partial charge in [-0.3, -0.25) is 0 Å². The van der Waals surface area contributed by atoms with Crippen molar-refractivity contribution in [3.05, 3.63) is 0 Å². The predicted molar refractivity (Wildman–Crippen MR) is 73.7 cm³/mol. The second kappa shape index (κ2) is 9.94. The molecule has 1 nitrogen and oxygen atoms in total. The molecule has 1 fully saturated rings. The third-order valence-electron chi connectivity index (χ3n) is 4.26. The van der Waals surface area contributed by atoms with E-state index in [4.69, 9.17) is 0 Å². The summed E-state index contributed by atoms with van der Waals surface area (Å²) < 4.78 is 0. The lowest BCUT2D eigenvalue weighted by atomic mass is 9.84. The van der Waals surface area contributed by atoms with Crippen LogP contribution in [0.1, 0.15) is 90.4 Å². The number of rotatable bonds is 9. The van der Waals surface area contributed by atoms with Crippen LogP contribution in [0.4, 0.5) is 0 Å². The molecular formula is C16H31O. The van der Waals surface area contributed by atoms with Crippen LogP contribution in [0.15, 0.2) is 0 Å². The molecule has 0 aliphatic heterocycles. The Morgan fingerprint density at radius 2 is 1.29 bits per heavy atom. The van der Waals surface area contributed by atoms with Crippen LogP contribution in [0.5, 0.6) is 0 Å². The lowest BCUT2D eigenvalue weighted by Crippen LogP contribution is -2.16. The van der Waals surface area contributed by atoms with Gasteiger partial charge in [-0.25, -0.2) is 5.11 Å². The lowest BCUT2D eigenvalue weighted by Gasteiger charge is -2.24. The molecule has 1 radical (unpaired) electrons. The highest BCUT2D eigenvalue weighted by molar-refractivity contribution is 4.71. The van der Waals surface area contributed by atoms with E-state index in [-0.39, 0.29) is 6.10 Å². The molecule has 1 aliphatic rings. The second-order valence-electron chi connectivity index (χ2n) is 5.91. The Kier molecular flexibility index (Phi) is 8.78. The smallest absolute Gasteiger partial charge is 0.0930 e. The van der Waals surface area contributed by atoms with E-state index in [2.05, 4.69) is 6.92 Å². The first-order valence-electron chi connectivity index (χ1n) is 7.98. The van der Waals surface area contributed by atoms with Gasteiger partial charge in [-0.1, -0.05) is 64.7 Å². The SMILES string of the molecule is CCCCCCCCCCC1CCC([O])CC1. The van der Waals surface area contributed by atoms with Crippen molar-refractivity contribution in [3.8, 4) is 0 Å². The Balaban J connectivity index is 1.81. The highest BCUT2D eigenvalue weighted by Crippen LogP contribution is 2.28. The molecule has 0 spiro atoms. The van der Waals surface area contributed by atoms with Gasteiger partial charge in [0.1, 0.15) is 0 Å². The Morgan fingerprint density at radius 3 is 1.88 bits per heavy atom. The first-order chi connectivity index (χ1) is 8.33. The maximum absolute atomic E-state index is 11.2. The van der Waals surface area contributed by atoms with Crippen LogP contribution < -0.4 is 0 Å². The van der Waals surface area contributed by atoms with E-state index in [1.807, 2.05) is 0 Å². The van der Waals surface area contributed by atoms with Crippen molar-refractivity contribution >= 4 is 0 Å². The minimum atomic E-state index is -0.232.